The number of amides is 2. The SMILES string of the molecule is CCCCNC(=O)c1nc(C(=O)NCc2ccc(C)cc2)c2ccccn12. The highest BCUT2D eigenvalue weighted by atomic mass is 16.2. The fourth-order valence-electron chi connectivity index (χ4n) is 2.79. The number of hydrogen-bond acceptors (Lipinski definition) is 3. The van der Waals surface area contributed by atoms with Crippen LogP contribution in [0.5, 0.6) is 0 Å². The second-order valence-corrected chi connectivity index (χ2v) is 6.52. The molecule has 0 spiro atoms. The van der Waals surface area contributed by atoms with Gasteiger partial charge in [-0.3, -0.25) is 14.0 Å². The average molecular weight is 364 g/mol. The molecule has 0 radical (unpaired) electrons. The number of aryl methyl sites for hydroxylation is 1. The second-order valence-electron chi connectivity index (χ2n) is 6.52. The standard InChI is InChI=1S/C21H24N4O2/c1-3-4-12-22-21(27)19-24-18(17-7-5-6-13-25(17)19)20(26)23-14-16-10-8-15(2)9-11-16/h5-11,13H,3-4,12,14H2,1-2H3,(H,22,27)(H,23,26). The Morgan fingerprint density at radius 1 is 1.04 bits per heavy atom. The van der Waals surface area contributed by atoms with Gasteiger partial charge in [0.2, 0.25) is 5.82 Å². The molecular weight excluding hydrogens is 340 g/mol. The van der Waals surface area contributed by atoms with Crippen molar-refractivity contribution >= 4 is 17.3 Å². The molecule has 3 rings (SSSR count). The van der Waals surface area contributed by atoms with E-state index in [1.165, 1.54) is 5.56 Å². The Morgan fingerprint density at radius 3 is 2.56 bits per heavy atom. The van der Waals surface area contributed by atoms with Crippen molar-refractivity contribution in [2.45, 2.75) is 33.2 Å². The van der Waals surface area contributed by atoms with Crippen LogP contribution < -0.4 is 10.6 Å². The van der Waals surface area contributed by atoms with Gasteiger partial charge in [-0.1, -0.05) is 49.2 Å². The van der Waals surface area contributed by atoms with Crippen molar-refractivity contribution in [3.05, 3.63) is 71.3 Å². The highest BCUT2D eigenvalue weighted by molar-refractivity contribution is 6.02. The third kappa shape index (κ3) is 4.34. The Balaban J connectivity index is 1.80. The molecule has 27 heavy (non-hydrogen) atoms. The number of pyridine rings is 1. The first-order valence-electron chi connectivity index (χ1n) is 9.19. The smallest absolute Gasteiger partial charge is 0.287 e. The lowest BCUT2D eigenvalue weighted by Gasteiger charge is -2.04. The van der Waals surface area contributed by atoms with Crippen LogP contribution in [-0.2, 0) is 6.54 Å². The number of benzene rings is 1. The summed E-state index contributed by atoms with van der Waals surface area (Å²) in [5.74, 6) is -0.351. The van der Waals surface area contributed by atoms with E-state index >= 15 is 0 Å². The predicted octanol–water partition coefficient (Wildman–Crippen LogP) is 3.10. The van der Waals surface area contributed by atoms with Crippen LogP contribution in [0.15, 0.2) is 48.7 Å². The zero-order valence-corrected chi connectivity index (χ0v) is 15.7. The van der Waals surface area contributed by atoms with E-state index in [4.69, 9.17) is 0 Å². The van der Waals surface area contributed by atoms with Crippen LogP contribution in [0.25, 0.3) is 5.52 Å². The Bertz CT molecular complexity index is 944. The third-order valence-corrected chi connectivity index (χ3v) is 4.36. The number of nitrogens with one attached hydrogen (secondary N) is 2. The highest BCUT2D eigenvalue weighted by Gasteiger charge is 2.21. The van der Waals surface area contributed by atoms with Crippen LogP contribution in [-0.4, -0.2) is 27.7 Å². The average Bonchev–Trinajstić information content (AvgIpc) is 3.07. The molecule has 0 fully saturated rings. The molecule has 3 aromatic rings. The molecule has 0 unspecified atom stereocenters. The Kier molecular flexibility index (Phi) is 5.86. The molecule has 2 N–H and O–H groups in total. The largest absolute Gasteiger partial charge is 0.349 e. The Morgan fingerprint density at radius 2 is 1.81 bits per heavy atom. The van der Waals surface area contributed by atoms with Crippen molar-refractivity contribution in [2.24, 2.45) is 0 Å². The van der Waals surface area contributed by atoms with Crippen LogP contribution in [0.3, 0.4) is 0 Å². The van der Waals surface area contributed by atoms with Crippen LogP contribution in [0, 0.1) is 6.92 Å². The van der Waals surface area contributed by atoms with Gasteiger partial charge in [-0.15, -0.1) is 0 Å². The number of unbranched alkanes of at least 4 members (excludes halogenated alkanes) is 1. The molecule has 0 saturated heterocycles. The van der Waals surface area contributed by atoms with E-state index in [-0.39, 0.29) is 23.3 Å². The molecule has 6 heteroatoms. The molecule has 0 saturated carbocycles. The monoisotopic (exact) mass is 364 g/mol. The first-order valence-corrected chi connectivity index (χ1v) is 9.19. The third-order valence-electron chi connectivity index (χ3n) is 4.36. The second kappa shape index (κ2) is 8.49. The van der Waals surface area contributed by atoms with Crippen molar-refractivity contribution < 1.29 is 9.59 Å². The summed E-state index contributed by atoms with van der Waals surface area (Å²) in [6.07, 6.45) is 3.64. The van der Waals surface area contributed by atoms with Crippen molar-refractivity contribution in [2.75, 3.05) is 6.54 Å². The Hall–Kier alpha value is -3.15. The van der Waals surface area contributed by atoms with E-state index in [9.17, 15) is 9.59 Å². The topological polar surface area (TPSA) is 75.5 Å². The van der Waals surface area contributed by atoms with Gasteiger partial charge in [0.25, 0.3) is 11.8 Å². The van der Waals surface area contributed by atoms with Gasteiger partial charge < -0.3 is 10.6 Å². The molecule has 140 valence electrons. The van der Waals surface area contributed by atoms with E-state index in [1.807, 2.05) is 43.3 Å². The zero-order chi connectivity index (χ0) is 19.2. The van der Waals surface area contributed by atoms with Crippen molar-refractivity contribution in [1.82, 2.24) is 20.0 Å². The van der Waals surface area contributed by atoms with Gasteiger partial charge in [0, 0.05) is 19.3 Å². The first kappa shape index (κ1) is 18.6. The summed E-state index contributed by atoms with van der Waals surface area (Å²) < 4.78 is 1.65. The molecule has 0 aliphatic carbocycles. The van der Waals surface area contributed by atoms with E-state index in [0.29, 0.717) is 18.6 Å². The number of carbonyl (C=O) groups excluding carboxylic acids is 2. The first-order chi connectivity index (χ1) is 13.1. The minimum Gasteiger partial charge on any atom is -0.349 e. The van der Waals surface area contributed by atoms with Gasteiger partial charge >= 0.3 is 0 Å². The number of nitrogens with zero attached hydrogens (tertiary/aromatic N) is 2. The summed E-state index contributed by atoms with van der Waals surface area (Å²) in [5, 5.41) is 5.74. The summed E-state index contributed by atoms with van der Waals surface area (Å²) in [5.41, 5.74) is 3.04. The summed E-state index contributed by atoms with van der Waals surface area (Å²) in [6, 6.07) is 13.4. The van der Waals surface area contributed by atoms with E-state index < -0.39 is 0 Å². The lowest BCUT2D eigenvalue weighted by molar-refractivity contribution is 0.0942. The van der Waals surface area contributed by atoms with Gasteiger partial charge in [0.05, 0.1) is 5.52 Å². The summed E-state index contributed by atoms with van der Waals surface area (Å²) >= 11 is 0. The number of aromatic nitrogens is 2. The number of rotatable bonds is 7. The molecule has 6 nitrogen and oxygen atoms in total. The van der Waals surface area contributed by atoms with Crippen LogP contribution in [0.2, 0.25) is 0 Å². The molecule has 0 atom stereocenters. The summed E-state index contributed by atoms with van der Waals surface area (Å²) in [7, 11) is 0. The molecule has 0 aliphatic rings. The molecule has 0 aliphatic heterocycles. The molecule has 1 aromatic carbocycles. The van der Waals surface area contributed by atoms with Crippen LogP contribution >= 0.6 is 0 Å². The highest BCUT2D eigenvalue weighted by Crippen LogP contribution is 2.14. The zero-order valence-electron chi connectivity index (χ0n) is 15.7. The van der Waals surface area contributed by atoms with E-state index in [1.54, 1.807) is 16.7 Å². The van der Waals surface area contributed by atoms with Gasteiger partial charge in [-0.25, -0.2) is 4.98 Å². The lowest BCUT2D eigenvalue weighted by atomic mass is 10.1. The maximum Gasteiger partial charge on any atom is 0.287 e. The molecular formula is C21H24N4O2. The van der Waals surface area contributed by atoms with Gasteiger partial charge in [-0.2, -0.15) is 0 Å². The van der Waals surface area contributed by atoms with E-state index in [2.05, 4.69) is 22.5 Å². The van der Waals surface area contributed by atoms with Crippen LogP contribution in [0.1, 0.15) is 52.0 Å². The summed E-state index contributed by atoms with van der Waals surface area (Å²) in [6.45, 7) is 5.08. The van der Waals surface area contributed by atoms with Gasteiger partial charge in [0.15, 0.2) is 5.69 Å². The maximum atomic E-state index is 12.7. The van der Waals surface area contributed by atoms with Crippen molar-refractivity contribution in [3.8, 4) is 0 Å². The summed E-state index contributed by atoms with van der Waals surface area (Å²) in [4.78, 5) is 29.5. The molecule has 2 heterocycles. The molecule has 0 bridgehead atoms. The van der Waals surface area contributed by atoms with Crippen LogP contribution in [0.4, 0.5) is 0 Å². The maximum absolute atomic E-state index is 12.7. The fourth-order valence-corrected chi connectivity index (χ4v) is 2.79. The number of carbonyl (C=O) groups is 2. The fraction of sp³-hybridized carbons (Fsp3) is 0.286. The Labute approximate surface area is 158 Å². The van der Waals surface area contributed by atoms with Gasteiger partial charge in [0.1, 0.15) is 0 Å². The predicted molar refractivity (Wildman–Crippen MR) is 105 cm³/mol. The quantitative estimate of drug-likeness (QED) is 0.633. The van der Waals surface area contributed by atoms with Gasteiger partial charge in [-0.05, 0) is 31.0 Å². The van der Waals surface area contributed by atoms with Crippen molar-refractivity contribution in [1.29, 1.82) is 0 Å². The minimum atomic E-state index is -0.299. The normalized spacial score (nSPS) is 10.7. The number of fused-ring (bicyclic) bond motifs is 1. The molecule has 2 aromatic heterocycles. The lowest BCUT2D eigenvalue weighted by Crippen LogP contribution is -2.27. The molecule has 2 amide bonds. The van der Waals surface area contributed by atoms with Crippen molar-refractivity contribution in [3.63, 3.8) is 0 Å². The van der Waals surface area contributed by atoms with E-state index in [0.717, 1.165) is 18.4 Å². The number of imidazole rings is 1. The minimum absolute atomic E-state index is 0.224. The number of hydrogen-bond donors (Lipinski definition) is 2.